The zero-order valence-corrected chi connectivity index (χ0v) is 12.3. The van der Waals surface area contributed by atoms with Gasteiger partial charge in [0.05, 0.1) is 7.11 Å². The van der Waals surface area contributed by atoms with Crippen LogP contribution in [0.15, 0.2) is 41.3 Å². The van der Waals surface area contributed by atoms with Crippen molar-refractivity contribution in [1.82, 2.24) is 14.4 Å². The van der Waals surface area contributed by atoms with E-state index in [1.54, 1.807) is 13.3 Å². The predicted octanol–water partition coefficient (Wildman–Crippen LogP) is 3.82. The van der Waals surface area contributed by atoms with Crippen LogP contribution in [-0.2, 0) is 0 Å². The van der Waals surface area contributed by atoms with Gasteiger partial charge < -0.3 is 4.74 Å². The number of benzene rings is 1. The average molecular weight is 339 g/mol. The van der Waals surface area contributed by atoms with Gasteiger partial charge in [0.25, 0.3) is 0 Å². The van der Waals surface area contributed by atoms with Gasteiger partial charge in [-0.3, -0.25) is 4.40 Å². The van der Waals surface area contributed by atoms with E-state index in [0.29, 0.717) is 10.8 Å². The molecule has 0 fully saturated rings. The van der Waals surface area contributed by atoms with E-state index in [1.807, 2.05) is 34.9 Å². The fourth-order valence-electron chi connectivity index (χ4n) is 1.87. The molecule has 0 spiro atoms. The van der Waals surface area contributed by atoms with E-state index in [9.17, 15) is 0 Å². The minimum Gasteiger partial charge on any atom is -0.497 e. The van der Waals surface area contributed by atoms with E-state index in [4.69, 9.17) is 16.3 Å². The zero-order chi connectivity index (χ0) is 13.4. The summed E-state index contributed by atoms with van der Waals surface area (Å²) in [5.41, 5.74) is 2.37. The molecule has 0 saturated carbocycles. The summed E-state index contributed by atoms with van der Waals surface area (Å²) < 4.78 is 7.91. The molecule has 19 heavy (non-hydrogen) atoms. The quantitative estimate of drug-likeness (QED) is 0.713. The number of nitrogens with zero attached hydrogens (tertiary/aromatic N) is 3. The van der Waals surface area contributed by atoms with Crippen LogP contribution < -0.4 is 4.74 Å². The predicted molar refractivity (Wildman–Crippen MR) is 77.7 cm³/mol. The Labute approximate surface area is 123 Å². The summed E-state index contributed by atoms with van der Waals surface area (Å²) in [6, 6.07) is 7.70. The molecule has 3 aromatic rings. The second-order valence-corrected chi connectivity index (χ2v) is 5.00. The third-order valence-electron chi connectivity index (χ3n) is 2.78. The van der Waals surface area contributed by atoms with Crippen molar-refractivity contribution in [3.63, 3.8) is 0 Å². The van der Waals surface area contributed by atoms with E-state index in [1.165, 1.54) is 0 Å². The minimum atomic E-state index is 0.373. The third kappa shape index (κ3) is 2.09. The lowest BCUT2D eigenvalue weighted by atomic mass is 10.1. The molecule has 0 N–H and O–H groups in total. The Balaban J connectivity index is 2.25. The molecule has 1 aromatic carbocycles. The maximum absolute atomic E-state index is 6.05. The Morgan fingerprint density at radius 3 is 2.95 bits per heavy atom. The summed E-state index contributed by atoms with van der Waals surface area (Å²) in [7, 11) is 1.64. The highest BCUT2D eigenvalue weighted by molar-refractivity contribution is 9.10. The number of methoxy groups -OCH3 is 1. The highest BCUT2D eigenvalue weighted by Crippen LogP contribution is 2.31. The van der Waals surface area contributed by atoms with Crippen LogP contribution in [0.4, 0.5) is 0 Å². The average Bonchev–Trinajstić information content (AvgIpc) is 2.78. The molecule has 0 amide bonds. The molecule has 0 unspecified atom stereocenters. The molecule has 6 heteroatoms. The van der Waals surface area contributed by atoms with Gasteiger partial charge in [0.1, 0.15) is 16.0 Å². The van der Waals surface area contributed by atoms with Crippen LogP contribution >= 0.6 is 27.5 Å². The second-order valence-electron chi connectivity index (χ2n) is 3.89. The van der Waals surface area contributed by atoms with Gasteiger partial charge in [0.15, 0.2) is 10.8 Å². The Morgan fingerprint density at radius 2 is 2.21 bits per heavy atom. The van der Waals surface area contributed by atoms with E-state index < -0.39 is 0 Å². The molecule has 2 aromatic heterocycles. The Kier molecular flexibility index (Phi) is 3.16. The molecule has 0 aliphatic heterocycles. The van der Waals surface area contributed by atoms with Gasteiger partial charge >= 0.3 is 0 Å². The van der Waals surface area contributed by atoms with Crippen LogP contribution in [0.25, 0.3) is 16.9 Å². The number of hydrogen-bond donors (Lipinski definition) is 0. The van der Waals surface area contributed by atoms with Gasteiger partial charge in [-0.2, -0.15) is 0 Å². The van der Waals surface area contributed by atoms with Gasteiger partial charge in [0, 0.05) is 18.0 Å². The van der Waals surface area contributed by atoms with E-state index >= 15 is 0 Å². The molecule has 0 atom stereocenters. The summed E-state index contributed by atoms with van der Waals surface area (Å²) in [6.45, 7) is 0. The molecule has 3 rings (SSSR count). The molecule has 0 radical (unpaired) electrons. The number of ether oxygens (including phenoxy) is 1. The molecule has 96 valence electrons. The van der Waals surface area contributed by atoms with Crippen LogP contribution in [0.2, 0.25) is 5.15 Å². The molecule has 4 nitrogen and oxygen atoms in total. The lowest BCUT2D eigenvalue weighted by Crippen LogP contribution is -1.86. The lowest BCUT2D eigenvalue weighted by molar-refractivity contribution is 0.415. The molecule has 0 bridgehead atoms. The van der Waals surface area contributed by atoms with Crippen molar-refractivity contribution < 1.29 is 4.74 Å². The maximum Gasteiger partial charge on any atom is 0.176 e. The fraction of sp³-hybridized carbons (Fsp3) is 0.0769. The van der Waals surface area contributed by atoms with Crippen LogP contribution in [0, 0.1) is 0 Å². The Morgan fingerprint density at radius 1 is 1.37 bits per heavy atom. The van der Waals surface area contributed by atoms with Crippen LogP contribution in [0.5, 0.6) is 5.75 Å². The SMILES string of the molecule is COc1cccc(-c2nc3c(Cl)nccn3c2Br)c1. The molecule has 0 saturated heterocycles. The number of aromatic nitrogens is 3. The van der Waals surface area contributed by atoms with Crippen LogP contribution in [-0.4, -0.2) is 21.5 Å². The first kappa shape index (κ1) is 12.4. The minimum absolute atomic E-state index is 0.373. The van der Waals surface area contributed by atoms with Crippen molar-refractivity contribution in [2.24, 2.45) is 0 Å². The molecular weight excluding hydrogens is 330 g/mol. The van der Waals surface area contributed by atoms with Gasteiger partial charge in [-0.1, -0.05) is 23.7 Å². The van der Waals surface area contributed by atoms with Crippen molar-refractivity contribution in [3.05, 3.63) is 46.4 Å². The number of halogens is 2. The van der Waals surface area contributed by atoms with Crippen LogP contribution in [0.3, 0.4) is 0 Å². The summed E-state index contributed by atoms with van der Waals surface area (Å²) in [5.74, 6) is 0.783. The van der Waals surface area contributed by atoms with Gasteiger partial charge in [-0.25, -0.2) is 9.97 Å². The molecular formula is C13H9BrClN3O. The Hall–Kier alpha value is -1.59. The van der Waals surface area contributed by atoms with Crippen molar-refractivity contribution in [2.75, 3.05) is 7.11 Å². The molecule has 0 aliphatic carbocycles. The van der Waals surface area contributed by atoms with E-state index in [0.717, 1.165) is 21.6 Å². The summed E-state index contributed by atoms with van der Waals surface area (Å²) >= 11 is 9.59. The Bertz CT molecular complexity index is 757. The maximum atomic E-state index is 6.05. The number of rotatable bonds is 2. The number of imidazole rings is 1. The van der Waals surface area contributed by atoms with Crippen LogP contribution in [0.1, 0.15) is 0 Å². The van der Waals surface area contributed by atoms with Crippen molar-refractivity contribution in [3.8, 4) is 17.0 Å². The van der Waals surface area contributed by atoms with E-state index in [2.05, 4.69) is 25.9 Å². The van der Waals surface area contributed by atoms with Gasteiger partial charge in [0.2, 0.25) is 0 Å². The zero-order valence-electron chi connectivity index (χ0n) is 9.97. The fourth-order valence-corrected chi connectivity index (χ4v) is 2.67. The van der Waals surface area contributed by atoms with E-state index in [-0.39, 0.29) is 0 Å². The monoisotopic (exact) mass is 337 g/mol. The molecule has 0 aliphatic rings. The summed E-state index contributed by atoms with van der Waals surface area (Å²) in [4.78, 5) is 8.55. The number of fused-ring (bicyclic) bond motifs is 1. The highest BCUT2D eigenvalue weighted by Gasteiger charge is 2.14. The largest absolute Gasteiger partial charge is 0.497 e. The summed E-state index contributed by atoms with van der Waals surface area (Å²) in [5, 5.41) is 0.373. The highest BCUT2D eigenvalue weighted by atomic mass is 79.9. The normalized spacial score (nSPS) is 10.9. The second kappa shape index (κ2) is 4.83. The number of hydrogen-bond acceptors (Lipinski definition) is 3. The summed E-state index contributed by atoms with van der Waals surface area (Å²) in [6.07, 6.45) is 3.44. The van der Waals surface area contributed by atoms with Crippen molar-refractivity contribution in [2.45, 2.75) is 0 Å². The standard InChI is InChI=1S/C13H9BrClN3O/c1-19-9-4-2-3-8(7-9)10-11(14)18-6-5-16-12(15)13(18)17-10/h2-7H,1H3. The first-order chi connectivity index (χ1) is 9.20. The molecule has 2 heterocycles. The van der Waals surface area contributed by atoms with Crippen molar-refractivity contribution >= 4 is 33.2 Å². The third-order valence-corrected chi connectivity index (χ3v) is 3.81. The topological polar surface area (TPSA) is 39.4 Å². The first-order valence-electron chi connectivity index (χ1n) is 5.53. The van der Waals surface area contributed by atoms with Crippen molar-refractivity contribution in [1.29, 1.82) is 0 Å². The van der Waals surface area contributed by atoms with Gasteiger partial charge in [-0.05, 0) is 28.1 Å². The first-order valence-corrected chi connectivity index (χ1v) is 6.70. The van der Waals surface area contributed by atoms with Gasteiger partial charge in [-0.15, -0.1) is 0 Å². The lowest BCUT2D eigenvalue weighted by Gasteiger charge is -2.02. The smallest absolute Gasteiger partial charge is 0.176 e.